The molecule has 5 heteroatoms. The van der Waals surface area contributed by atoms with Gasteiger partial charge < -0.3 is 10.1 Å². The molecule has 1 aromatic rings. The molecule has 1 rings (SSSR count). The fraction of sp³-hybridized carbons (Fsp3) is 0.571. The molecular formula is C14H20BrF2NO. The standard InChI is InChI=1S/C14H20BrF2NO/c1-10(18-8-14(16,17)9-19-3)7-12-5-4-6-13(15)11(12)2/h4-6,10,18H,7-9H2,1-3H3/t10-/m1/s1. The highest BCUT2D eigenvalue weighted by Crippen LogP contribution is 2.20. The van der Waals surface area contributed by atoms with Crippen molar-refractivity contribution in [3.63, 3.8) is 0 Å². The van der Waals surface area contributed by atoms with Gasteiger partial charge in [-0.25, -0.2) is 8.78 Å². The molecule has 2 nitrogen and oxygen atoms in total. The van der Waals surface area contributed by atoms with E-state index in [0.29, 0.717) is 6.42 Å². The number of methoxy groups -OCH3 is 1. The number of halogens is 3. The molecule has 0 unspecified atom stereocenters. The summed E-state index contributed by atoms with van der Waals surface area (Å²) in [4.78, 5) is 0. The van der Waals surface area contributed by atoms with Gasteiger partial charge in [0.05, 0.1) is 6.54 Å². The predicted molar refractivity (Wildman–Crippen MR) is 76.9 cm³/mol. The van der Waals surface area contributed by atoms with Crippen LogP contribution in [0.1, 0.15) is 18.1 Å². The van der Waals surface area contributed by atoms with Crippen LogP contribution < -0.4 is 5.32 Å². The Morgan fingerprint density at radius 3 is 2.74 bits per heavy atom. The van der Waals surface area contributed by atoms with Crippen LogP contribution in [0.4, 0.5) is 8.78 Å². The Morgan fingerprint density at radius 2 is 2.11 bits per heavy atom. The van der Waals surface area contributed by atoms with Gasteiger partial charge in [-0.15, -0.1) is 0 Å². The Balaban J connectivity index is 2.51. The molecule has 0 fully saturated rings. The maximum Gasteiger partial charge on any atom is 0.283 e. The van der Waals surface area contributed by atoms with Gasteiger partial charge in [0.25, 0.3) is 5.92 Å². The second-order valence-electron chi connectivity index (χ2n) is 4.80. The summed E-state index contributed by atoms with van der Waals surface area (Å²) in [5, 5.41) is 2.86. The normalized spacial score (nSPS) is 13.6. The summed E-state index contributed by atoms with van der Waals surface area (Å²) in [5.74, 6) is -2.82. The van der Waals surface area contributed by atoms with Crippen LogP contribution in [0.25, 0.3) is 0 Å². The van der Waals surface area contributed by atoms with Gasteiger partial charge in [-0.2, -0.15) is 0 Å². The molecule has 1 N–H and O–H groups in total. The third kappa shape index (κ3) is 5.55. The molecule has 0 amide bonds. The van der Waals surface area contributed by atoms with E-state index in [0.717, 1.165) is 15.6 Å². The monoisotopic (exact) mass is 335 g/mol. The molecule has 0 saturated heterocycles. The lowest BCUT2D eigenvalue weighted by molar-refractivity contribution is -0.0629. The van der Waals surface area contributed by atoms with Gasteiger partial charge in [0.1, 0.15) is 6.61 Å². The molecule has 0 bridgehead atoms. The van der Waals surface area contributed by atoms with E-state index in [1.165, 1.54) is 7.11 Å². The van der Waals surface area contributed by atoms with Gasteiger partial charge in [0.2, 0.25) is 0 Å². The molecule has 0 saturated carbocycles. The van der Waals surface area contributed by atoms with Crippen molar-refractivity contribution in [3.05, 3.63) is 33.8 Å². The van der Waals surface area contributed by atoms with Crippen LogP contribution in [0, 0.1) is 6.92 Å². The van der Waals surface area contributed by atoms with Gasteiger partial charge in [-0.05, 0) is 37.5 Å². The highest BCUT2D eigenvalue weighted by atomic mass is 79.9. The summed E-state index contributed by atoms with van der Waals surface area (Å²) in [6.07, 6.45) is 0.717. The summed E-state index contributed by atoms with van der Waals surface area (Å²) < 4.78 is 32.1. The van der Waals surface area contributed by atoms with Crippen molar-refractivity contribution in [1.82, 2.24) is 5.32 Å². The van der Waals surface area contributed by atoms with Gasteiger partial charge in [-0.3, -0.25) is 0 Å². The van der Waals surface area contributed by atoms with Crippen LogP contribution in [0.2, 0.25) is 0 Å². The van der Waals surface area contributed by atoms with Gasteiger partial charge in [0, 0.05) is 17.6 Å². The molecule has 0 aromatic heterocycles. The minimum atomic E-state index is -2.82. The van der Waals surface area contributed by atoms with Crippen LogP contribution in [0.3, 0.4) is 0 Å². The van der Waals surface area contributed by atoms with E-state index in [9.17, 15) is 8.78 Å². The third-order valence-electron chi connectivity index (χ3n) is 2.97. The second-order valence-corrected chi connectivity index (χ2v) is 5.65. The number of benzene rings is 1. The van der Waals surface area contributed by atoms with Crippen LogP contribution in [-0.2, 0) is 11.2 Å². The van der Waals surface area contributed by atoms with Crippen molar-refractivity contribution < 1.29 is 13.5 Å². The molecule has 0 aliphatic carbocycles. The maximum atomic E-state index is 13.3. The minimum absolute atomic E-state index is 0.0178. The molecule has 0 spiro atoms. The zero-order chi connectivity index (χ0) is 14.5. The summed E-state index contributed by atoms with van der Waals surface area (Å²) in [5.41, 5.74) is 2.31. The van der Waals surface area contributed by atoms with E-state index in [-0.39, 0.29) is 12.6 Å². The van der Waals surface area contributed by atoms with E-state index in [1.54, 1.807) is 0 Å². The Labute approximate surface area is 121 Å². The highest BCUT2D eigenvalue weighted by Gasteiger charge is 2.28. The number of rotatable bonds is 7. The maximum absolute atomic E-state index is 13.3. The fourth-order valence-corrected chi connectivity index (χ4v) is 2.27. The van der Waals surface area contributed by atoms with E-state index < -0.39 is 12.5 Å². The van der Waals surface area contributed by atoms with Crippen molar-refractivity contribution in [2.75, 3.05) is 20.3 Å². The summed E-state index contributed by atoms with van der Waals surface area (Å²) in [6.45, 7) is 3.01. The van der Waals surface area contributed by atoms with E-state index in [2.05, 4.69) is 26.0 Å². The quantitative estimate of drug-likeness (QED) is 0.822. The van der Waals surface area contributed by atoms with Crippen molar-refractivity contribution in [3.8, 4) is 0 Å². The molecular weight excluding hydrogens is 316 g/mol. The van der Waals surface area contributed by atoms with Crippen molar-refractivity contribution in [2.45, 2.75) is 32.2 Å². The molecule has 1 atom stereocenters. The Hall–Kier alpha value is -0.520. The van der Waals surface area contributed by atoms with E-state index in [4.69, 9.17) is 0 Å². The first-order chi connectivity index (χ1) is 8.85. The van der Waals surface area contributed by atoms with Crippen LogP contribution in [0.5, 0.6) is 0 Å². The molecule has 19 heavy (non-hydrogen) atoms. The van der Waals surface area contributed by atoms with Crippen LogP contribution >= 0.6 is 15.9 Å². The number of hydrogen-bond donors (Lipinski definition) is 1. The Morgan fingerprint density at radius 1 is 1.42 bits per heavy atom. The summed E-state index contributed by atoms with van der Waals surface area (Å²) in [7, 11) is 1.28. The van der Waals surface area contributed by atoms with Gasteiger partial charge >= 0.3 is 0 Å². The van der Waals surface area contributed by atoms with E-state index in [1.807, 2.05) is 32.0 Å². The minimum Gasteiger partial charge on any atom is -0.378 e. The number of nitrogens with one attached hydrogen (secondary N) is 1. The number of hydrogen-bond acceptors (Lipinski definition) is 2. The van der Waals surface area contributed by atoms with Crippen LogP contribution in [0.15, 0.2) is 22.7 Å². The topological polar surface area (TPSA) is 21.3 Å². The van der Waals surface area contributed by atoms with Crippen molar-refractivity contribution >= 4 is 15.9 Å². The van der Waals surface area contributed by atoms with Crippen LogP contribution in [-0.4, -0.2) is 32.2 Å². The zero-order valence-corrected chi connectivity index (χ0v) is 13.1. The lowest BCUT2D eigenvalue weighted by Gasteiger charge is -2.20. The largest absolute Gasteiger partial charge is 0.378 e. The summed E-state index contributed by atoms with van der Waals surface area (Å²) in [6, 6.07) is 5.93. The SMILES string of the molecule is COCC(F)(F)CN[C@H](C)Cc1cccc(Br)c1C. The molecule has 108 valence electrons. The highest BCUT2D eigenvalue weighted by molar-refractivity contribution is 9.10. The molecule has 0 aliphatic rings. The molecule has 1 aromatic carbocycles. The lowest BCUT2D eigenvalue weighted by Crippen LogP contribution is -2.41. The predicted octanol–water partition coefficient (Wildman–Crippen LogP) is 3.56. The number of ether oxygens (including phenoxy) is 1. The molecule has 0 heterocycles. The first kappa shape index (κ1) is 16.5. The molecule has 0 aliphatic heterocycles. The fourth-order valence-electron chi connectivity index (χ4n) is 1.86. The second kappa shape index (κ2) is 7.31. The zero-order valence-electron chi connectivity index (χ0n) is 11.5. The average Bonchev–Trinajstić information content (AvgIpc) is 2.33. The van der Waals surface area contributed by atoms with Crippen molar-refractivity contribution in [2.24, 2.45) is 0 Å². The summed E-state index contributed by atoms with van der Waals surface area (Å²) >= 11 is 3.47. The first-order valence-electron chi connectivity index (χ1n) is 6.20. The lowest BCUT2D eigenvalue weighted by atomic mass is 10.0. The Bertz CT molecular complexity index is 412. The molecule has 0 radical (unpaired) electrons. The van der Waals surface area contributed by atoms with E-state index >= 15 is 0 Å². The Kier molecular flexibility index (Phi) is 6.36. The van der Waals surface area contributed by atoms with Crippen molar-refractivity contribution in [1.29, 1.82) is 0 Å². The average molecular weight is 336 g/mol. The third-order valence-corrected chi connectivity index (χ3v) is 3.83. The van der Waals surface area contributed by atoms with Gasteiger partial charge in [0.15, 0.2) is 0 Å². The smallest absolute Gasteiger partial charge is 0.283 e. The van der Waals surface area contributed by atoms with Gasteiger partial charge in [-0.1, -0.05) is 28.1 Å². The first-order valence-corrected chi connectivity index (χ1v) is 6.99. The number of alkyl halides is 2.